The highest BCUT2D eigenvalue weighted by molar-refractivity contribution is 5.94. The van der Waals surface area contributed by atoms with E-state index in [4.69, 9.17) is 19.2 Å². The van der Waals surface area contributed by atoms with Gasteiger partial charge in [0.25, 0.3) is 0 Å². The summed E-state index contributed by atoms with van der Waals surface area (Å²) >= 11 is 0. The van der Waals surface area contributed by atoms with Crippen molar-refractivity contribution in [1.29, 1.82) is 0 Å². The van der Waals surface area contributed by atoms with Gasteiger partial charge in [0.2, 0.25) is 5.88 Å². The molecule has 1 aromatic heterocycles. The SMILES string of the molecule is CC(=N/C(C(C)=C(C)C)=C(/C(C)=C(\C)OCCOc1ccccn1)N1CCOCC1)Nc1cccc(C)c1. The van der Waals surface area contributed by atoms with E-state index in [0.29, 0.717) is 32.3 Å². The Balaban J connectivity index is 1.95. The molecule has 0 unspecified atom stereocenters. The van der Waals surface area contributed by atoms with Crippen molar-refractivity contribution in [2.24, 2.45) is 4.99 Å². The molecule has 0 aliphatic carbocycles. The van der Waals surface area contributed by atoms with Crippen molar-refractivity contribution in [1.82, 2.24) is 9.88 Å². The van der Waals surface area contributed by atoms with Crippen LogP contribution >= 0.6 is 0 Å². The maximum Gasteiger partial charge on any atom is 0.213 e. The zero-order valence-electron chi connectivity index (χ0n) is 23.9. The lowest BCUT2D eigenvalue weighted by atomic mass is 10.0. The number of aryl methyl sites for hydroxylation is 1. The third-order valence-electron chi connectivity index (χ3n) is 6.45. The molecule has 1 fully saturated rings. The standard InChI is InChI=1S/C31H42N4O3/c1-22(2)24(4)30(34-27(7)33-28-12-10-11-23(3)21-28)31(35-15-17-36-18-16-35)25(5)26(6)37-19-20-38-29-13-8-9-14-32-29/h8-14,21H,15-20H2,1-7H3,(H,33,34)/b26-25+,31-30-. The van der Waals surface area contributed by atoms with Crippen LogP contribution in [0.25, 0.3) is 0 Å². The van der Waals surface area contributed by atoms with Gasteiger partial charge in [-0.1, -0.05) is 23.8 Å². The monoisotopic (exact) mass is 518 g/mol. The first kappa shape index (κ1) is 29.0. The van der Waals surface area contributed by atoms with Crippen LogP contribution in [0.4, 0.5) is 5.69 Å². The lowest BCUT2D eigenvalue weighted by molar-refractivity contribution is 0.0537. The molecule has 7 nitrogen and oxygen atoms in total. The number of ether oxygens (including phenoxy) is 3. The average Bonchev–Trinajstić information content (AvgIpc) is 2.91. The van der Waals surface area contributed by atoms with E-state index >= 15 is 0 Å². The predicted octanol–water partition coefficient (Wildman–Crippen LogP) is 6.51. The van der Waals surface area contributed by atoms with E-state index in [2.05, 4.69) is 68.0 Å². The summed E-state index contributed by atoms with van der Waals surface area (Å²) in [4.78, 5) is 11.7. The number of nitrogens with one attached hydrogen (secondary N) is 1. The summed E-state index contributed by atoms with van der Waals surface area (Å²) in [7, 11) is 0. The van der Waals surface area contributed by atoms with Gasteiger partial charge < -0.3 is 24.4 Å². The smallest absolute Gasteiger partial charge is 0.213 e. The van der Waals surface area contributed by atoms with Gasteiger partial charge >= 0.3 is 0 Å². The third kappa shape index (κ3) is 8.48. The highest BCUT2D eigenvalue weighted by atomic mass is 16.5. The second-order valence-electron chi connectivity index (χ2n) is 9.66. The molecule has 1 saturated heterocycles. The molecule has 0 spiro atoms. The second kappa shape index (κ2) is 14.4. The Hall–Kier alpha value is -3.58. The number of pyridine rings is 1. The number of nitrogens with zero attached hydrogens (tertiary/aromatic N) is 3. The molecule has 204 valence electrons. The van der Waals surface area contributed by atoms with Gasteiger partial charge in [0, 0.05) is 36.6 Å². The van der Waals surface area contributed by atoms with Gasteiger partial charge in [0.05, 0.1) is 30.4 Å². The normalized spacial score (nSPS) is 15.3. The Morgan fingerprint density at radius 1 is 0.974 bits per heavy atom. The van der Waals surface area contributed by atoms with Crippen LogP contribution in [-0.4, -0.2) is 55.2 Å². The molecule has 3 rings (SSSR count). The summed E-state index contributed by atoms with van der Waals surface area (Å²) < 4.78 is 17.5. The molecular weight excluding hydrogens is 476 g/mol. The number of aliphatic imine (C=N–C) groups is 1. The highest BCUT2D eigenvalue weighted by Crippen LogP contribution is 2.30. The van der Waals surface area contributed by atoms with E-state index in [-0.39, 0.29) is 0 Å². The molecular formula is C31H42N4O3. The minimum Gasteiger partial charge on any atom is -0.494 e. The van der Waals surface area contributed by atoms with Gasteiger partial charge in [0.15, 0.2) is 0 Å². The number of anilines is 1. The maximum absolute atomic E-state index is 6.16. The lowest BCUT2D eigenvalue weighted by Crippen LogP contribution is -2.37. The fraction of sp³-hybridized carbons (Fsp3) is 0.419. The molecule has 0 amide bonds. The van der Waals surface area contributed by atoms with Gasteiger partial charge in [-0.25, -0.2) is 9.98 Å². The Bertz CT molecular complexity index is 1190. The van der Waals surface area contributed by atoms with Gasteiger partial charge in [-0.15, -0.1) is 0 Å². The lowest BCUT2D eigenvalue weighted by Gasteiger charge is -2.33. The fourth-order valence-corrected chi connectivity index (χ4v) is 4.08. The first-order valence-electron chi connectivity index (χ1n) is 13.2. The summed E-state index contributed by atoms with van der Waals surface area (Å²) in [6.07, 6.45) is 1.72. The molecule has 1 aromatic carbocycles. The molecule has 0 bridgehead atoms. The summed E-state index contributed by atoms with van der Waals surface area (Å²) in [6.45, 7) is 18.4. The molecule has 1 aliphatic rings. The summed E-state index contributed by atoms with van der Waals surface area (Å²) in [6, 6.07) is 13.9. The van der Waals surface area contributed by atoms with Crippen molar-refractivity contribution in [3.05, 3.63) is 88.1 Å². The topological polar surface area (TPSA) is 68.2 Å². The van der Waals surface area contributed by atoms with Crippen molar-refractivity contribution < 1.29 is 14.2 Å². The Morgan fingerprint density at radius 3 is 2.39 bits per heavy atom. The van der Waals surface area contributed by atoms with Crippen LogP contribution in [0.15, 0.2) is 87.5 Å². The number of hydrogen-bond acceptors (Lipinski definition) is 6. The molecule has 1 aliphatic heterocycles. The molecule has 7 heteroatoms. The van der Waals surface area contributed by atoms with Crippen LogP contribution in [0.5, 0.6) is 5.88 Å². The van der Waals surface area contributed by atoms with Crippen LogP contribution in [0.3, 0.4) is 0 Å². The van der Waals surface area contributed by atoms with Gasteiger partial charge in [-0.05, 0) is 77.8 Å². The molecule has 2 heterocycles. The number of aromatic nitrogens is 1. The Labute approximate surface area is 227 Å². The number of benzene rings is 1. The van der Waals surface area contributed by atoms with Crippen LogP contribution in [-0.2, 0) is 9.47 Å². The third-order valence-corrected chi connectivity index (χ3v) is 6.45. The quantitative estimate of drug-likeness (QED) is 0.127. The van der Waals surface area contributed by atoms with Gasteiger partial charge in [-0.3, -0.25) is 0 Å². The second-order valence-corrected chi connectivity index (χ2v) is 9.66. The van der Waals surface area contributed by atoms with Crippen molar-refractivity contribution in [3.8, 4) is 5.88 Å². The van der Waals surface area contributed by atoms with E-state index in [0.717, 1.165) is 52.9 Å². The van der Waals surface area contributed by atoms with Crippen molar-refractivity contribution in [2.75, 3.05) is 44.8 Å². The first-order chi connectivity index (χ1) is 18.3. The first-order valence-corrected chi connectivity index (χ1v) is 13.2. The van der Waals surface area contributed by atoms with Crippen molar-refractivity contribution in [3.63, 3.8) is 0 Å². The van der Waals surface area contributed by atoms with E-state index in [9.17, 15) is 0 Å². The van der Waals surface area contributed by atoms with Crippen LogP contribution in [0.2, 0.25) is 0 Å². The van der Waals surface area contributed by atoms with E-state index in [1.807, 2.05) is 38.1 Å². The molecule has 0 saturated carbocycles. The Morgan fingerprint density at radius 2 is 1.74 bits per heavy atom. The summed E-state index contributed by atoms with van der Waals surface area (Å²) in [5, 5.41) is 3.47. The van der Waals surface area contributed by atoms with Crippen molar-refractivity contribution in [2.45, 2.75) is 48.5 Å². The zero-order chi connectivity index (χ0) is 27.5. The zero-order valence-corrected chi connectivity index (χ0v) is 23.9. The average molecular weight is 519 g/mol. The molecule has 0 atom stereocenters. The van der Waals surface area contributed by atoms with Crippen LogP contribution < -0.4 is 10.1 Å². The fourth-order valence-electron chi connectivity index (χ4n) is 4.08. The number of allylic oxidation sites excluding steroid dienone is 4. The minimum absolute atomic E-state index is 0.412. The van der Waals surface area contributed by atoms with E-state index in [1.165, 1.54) is 11.1 Å². The van der Waals surface area contributed by atoms with Crippen LogP contribution in [0, 0.1) is 6.92 Å². The number of amidine groups is 1. The summed E-state index contributed by atoms with van der Waals surface area (Å²) in [5.74, 6) is 2.26. The predicted molar refractivity (Wildman–Crippen MR) is 155 cm³/mol. The highest BCUT2D eigenvalue weighted by Gasteiger charge is 2.23. The number of hydrogen-bond donors (Lipinski definition) is 1. The van der Waals surface area contributed by atoms with Gasteiger partial charge in [-0.2, -0.15) is 0 Å². The minimum atomic E-state index is 0.412. The molecule has 0 radical (unpaired) electrons. The molecule has 38 heavy (non-hydrogen) atoms. The Kier molecular flexibility index (Phi) is 11.0. The van der Waals surface area contributed by atoms with Crippen molar-refractivity contribution >= 4 is 11.5 Å². The van der Waals surface area contributed by atoms with Crippen LogP contribution in [0.1, 0.15) is 47.1 Å². The molecule has 2 aromatic rings. The number of morpholine rings is 1. The largest absolute Gasteiger partial charge is 0.494 e. The van der Waals surface area contributed by atoms with Gasteiger partial charge in [0.1, 0.15) is 19.0 Å². The maximum atomic E-state index is 6.16. The molecule has 1 N–H and O–H groups in total. The summed E-state index contributed by atoms with van der Waals surface area (Å²) in [5.41, 5.74) is 7.64. The number of rotatable bonds is 10. The van der Waals surface area contributed by atoms with E-state index in [1.54, 1.807) is 6.20 Å². The van der Waals surface area contributed by atoms with E-state index < -0.39 is 0 Å².